The highest BCUT2D eigenvalue weighted by Crippen LogP contribution is 2.27. The lowest BCUT2D eigenvalue weighted by atomic mass is 10.3. The Kier molecular flexibility index (Phi) is 3.45. The Morgan fingerprint density at radius 3 is 2.76 bits per heavy atom. The van der Waals surface area contributed by atoms with Crippen molar-refractivity contribution in [1.29, 1.82) is 0 Å². The van der Waals surface area contributed by atoms with E-state index in [4.69, 9.17) is 23.2 Å². The molecule has 88 valence electrons. The summed E-state index contributed by atoms with van der Waals surface area (Å²) in [4.78, 5) is 7.85. The van der Waals surface area contributed by atoms with Gasteiger partial charge >= 0.3 is 0 Å². The van der Waals surface area contributed by atoms with E-state index in [1.807, 2.05) is 0 Å². The van der Waals surface area contributed by atoms with Crippen LogP contribution in [0.15, 0.2) is 24.5 Å². The highest BCUT2D eigenvalue weighted by atomic mass is 35.5. The van der Waals surface area contributed by atoms with Gasteiger partial charge < -0.3 is 5.32 Å². The van der Waals surface area contributed by atoms with Crippen molar-refractivity contribution >= 4 is 34.7 Å². The second kappa shape index (κ2) is 4.85. The largest absolute Gasteiger partial charge is 0.339 e. The molecular formula is C11H8Cl2FN3. The topological polar surface area (TPSA) is 37.8 Å². The Labute approximate surface area is 108 Å². The minimum Gasteiger partial charge on any atom is -0.339 e. The summed E-state index contributed by atoms with van der Waals surface area (Å²) in [7, 11) is 0. The Bertz CT molecular complexity index is 560. The molecule has 0 atom stereocenters. The van der Waals surface area contributed by atoms with Gasteiger partial charge in [0.25, 0.3) is 0 Å². The summed E-state index contributed by atoms with van der Waals surface area (Å²) in [6.07, 6.45) is 1.32. The summed E-state index contributed by atoms with van der Waals surface area (Å²) in [5, 5.41) is 3.66. The van der Waals surface area contributed by atoms with E-state index in [0.29, 0.717) is 27.2 Å². The van der Waals surface area contributed by atoms with E-state index in [1.165, 1.54) is 24.5 Å². The lowest BCUT2D eigenvalue weighted by Gasteiger charge is -2.10. The molecule has 0 aliphatic carbocycles. The van der Waals surface area contributed by atoms with Gasteiger partial charge in [-0.15, -0.1) is 0 Å². The first-order valence-electron chi connectivity index (χ1n) is 4.77. The molecule has 6 heteroatoms. The standard InChI is InChI=1S/C11H8Cl2FN3/c1-6-10(13)15-5-16-11(6)17-9-4-7(14)2-3-8(9)12/h2-5H,1H3,(H,15,16,17). The van der Waals surface area contributed by atoms with E-state index in [0.717, 1.165) is 0 Å². The predicted molar refractivity (Wildman–Crippen MR) is 66.5 cm³/mol. The van der Waals surface area contributed by atoms with Crippen molar-refractivity contribution in [3.05, 3.63) is 46.1 Å². The van der Waals surface area contributed by atoms with E-state index >= 15 is 0 Å². The van der Waals surface area contributed by atoms with Crippen LogP contribution in [0.5, 0.6) is 0 Å². The molecule has 0 fully saturated rings. The number of nitrogens with one attached hydrogen (secondary N) is 1. The van der Waals surface area contributed by atoms with Crippen LogP contribution < -0.4 is 5.32 Å². The summed E-state index contributed by atoms with van der Waals surface area (Å²) in [5.74, 6) is 0.118. The molecule has 1 aromatic carbocycles. The normalized spacial score (nSPS) is 10.4. The van der Waals surface area contributed by atoms with Gasteiger partial charge in [-0.1, -0.05) is 23.2 Å². The van der Waals surface area contributed by atoms with Gasteiger partial charge in [0.05, 0.1) is 10.7 Å². The summed E-state index contributed by atoms with van der Waals surface area (Å²) in [5.41, 5.74) is 1.11. The Hall–Kier alpha value is -1.39. The van der Waals surface area contributed by atoms with Gasteiger partial charge in [0.2, 0.25) is 0 Å². The molecule has 0 radical (unpaired) electrons. The Morgan fingerprint density at radius 2 is 2.00 bits per heavy atom. The van der Waals surface area contributed by atoms with Crippen molar-refractivity contribution in [1.82, 2.24) is 9.97 Å². The molecule has 2 rings (SSSR count). The van der Waals surface area contributed by atoms with Gasteiger partial charge in [0.1, 0.15) is 23.1 Å². The van der Waals surface area contributed by atoms with Crippen LogP contribution in [0.1, 0.15) is 5.56 Å². The third-order valence-corrected chi connectivity index (χ3v) is 2.91. The zero-order valence-corrected chi connectivity index (χ0v) is 10.3. The second-order valence-electron chi connectivity index (χ2n) is 3.39. The molecule has 0 aliphatic rings. The van der Waals surface area contributed by atoms with Crippen LogP contribution in [0, 0.1) is 12.7 Å². The van der Waals surface area contributed by atoms with Crippen molar-refractivity contribution in [2.45, 2.75) is 6.92 Å². The Balaban J connectivity index is 2.38. The highest BCUT2D eigenvalue weighted by molar-refractivity contribution is 6.33. The average Bonchev–Trinajstić information content (AvgIpc) is 2.30. The average molecular weight is 272 g/mol. The number of halogens is 3. The molecule has 0 bridgehead atoms. The smallest absolute Gasteiger partial charge is 0.138 e. The molecule has 0 spiro atoms. The zero-order chi connectivity index (χ0) is 12.4. The van der Waals surface area contributed by atoms with Crippen LogP contribution in [0.4, 0.5) is 15.9 Å². The van der Waals surface area contributed by atoms with E-state index in [2.05, 4.69) is 15.3 Å². The lowest BCUT2D eigenvalue weighted by molar-refractivity contribution is 0.628. The summed E-state index contributed by atoms with van der Waals surface area (Å²) < 4.78 is 13.1. The highest BCUT2D eigenvalue weighted by Gasteiger charge is 2.08. The molecule has 0 aliphatic heterocycles. The second-order valence-corrected chi connectivity index (χ2v) is 4.15. The number of hydrogen-bond donors (Lipinski definition) is 1. The molecule has 1 N–H and O–H groups in total. The molecule has 1 heterocycles. The minimum atomic E-state index is -0.380. The zero-order valence-electron chi connectivity index (χ0n) is 8.84. The maximum Gasteiger partial charge on any atom is 0.138 e. The first-order chi connectivity index (χ1) is 8.08. The van der Waals surface area contributed by atoms with Gasteiger partial charge in [-0.3, -0.25) is 0 Å². The van der Waals surface area contributed by atoms with Gasteiger partial charge in [-0.2, -0.15) is 0 Å². The fraction of sp³-hybridized carbons (Fsp3) is 0.0909. The van der Waals surface area contributed by atoms with E-state index in [-0.39, 0.29) is 5.82 Å². The number of aromatic nitrogens is 2. The van der Waals surface area contributed by atoms with Crippen LogP contribution in [0.3, 0.4) is 0 Å². The molecule has 3 nitrogen and oxygen atoms in total. The molecule has 1 aromatic heterocycles. The van der Waals surface area contributed by atoms with Crippen LogP contribution in [-0.4, -0.2) is 9.97 Å². The van der Waals surface area contributed by atoms with Gasteiger partial charge in [0, 0.05) is 5.56 Å². The number of rotatable bonds is 2. The van der Waals surface area contributed by atoms with Crippen LogP contribution >= 0.6 is 23.2 Å². The van der Waals surface area contributed by atoms with E-state index in [1.54, 1.807) is 6.92 Å². The fourth-order valence-electron chi connectivity index (χ4n) is 1.28. The maximum atomic E-state index is 13.1. The van der Waals surface area contributed by atoms with Crippen molar-refractivity contribution in [2.24, 2.45) is 0 Å². The molecule has 17 heavy (non-hydrogen) atoms. The van der Waals surface area contributed by atoms with Crippen LogP contribution in [-0.2, 0) is 0 Å². The molecule has 2 aromatic rings. The number of hydrogen-bond acceptors (Lipinski definition) is 3. The molecule has 0 saturated carbocycles. The van der Waals surface area contributed by atoms with Gasteiger partial charge in [-0.25, -0.2) is 14.4 Å². The number of benzene rings is 1. The summed E-state index contributed by atoms with van der Waals surface area (Å²) in [6.45, 7) is 1.76. The van der Waals surface area contributed by atoms with E-state index < -0.39 is 0 Å². The van der Waals surface area contributed by atoms with E-state index in [9.17, 15) is 4.39 Å². The predicted octanol–water partition coefficient (Wildman–Crippen LogP) is 3.97. The molecule has 0 unspecified atom stereocenters. The van der Waals surface area contributed by atoms with Crippen molar-refractivity contribution in [3.63, 3.8) is 0 Å². The van der Waals surface area contributed by atoms with Gasteiger partial charge in [-0.05, 0) is 25.1 Å². The van der Waals surface area contributed by atoms with Crippen molar-refractivity contribution in [3.8, 4) is 0 Å². The molecular weight excluding hydrogens is 264 g/mol. The first-order valence-corrected chi connectivity index (χ1v) is 5.52. The fourth-order valence-corrected chi connectivity index (χ4v) is 1.57. The summed E-state index contributed by atoms with van der Waals surface area (Å²) >= 11 is 11.8. The monoisotopic (exact) mass is 271 g/mol. The quantitative estimate of drug-likeness (QED) is 0.840. The third kappa shape index (κ3) is 2.65. The third-order valence-electron chi connectivity index (χ3n) is 2.20. The maximum absolute atomic E-state index is 13.1. The van der Waals surface area contributed by atoms with Crippen molar-refractivity contribution < 1.29 is 4.39 Å². The Morgan fingerprint density at radius 1 is 1.24 bits per heavy atom. The summed E-state index contributed by atoms with van der Waals surface area (Å²) in [6, 6.07) is 4.04. The van der Waals surface area contributed by atoms with Gasteiger partial charge in [0.15, 0.2) is 0 Å². The SMILES string of the molecule is Cc1c(Cl)ncnc1Nc1cc(F)ccc1Cl. The van der Waals surface area contributed by atoms with Crippen LogP contribution in [0.2, 0.25) is 10.2 Å². The molecule has 0 amide bonds. The van der Waals surface area contributed by atoms with Crippen LogP contribution in [0.25, 0.3) is 0 Å². The minimum absolute atomic E-state index is 0.343. The lowest BCUT2D eigenvalue weighted by Crippen LogP contribution is -1.99. The van der Waals surface area contributed by atoms with Crippen molar-refractivity contribution in [2.75, 3.05) is 5.32 Å². The first kappa shape index (κ1) is 12.1. The number of nitrogens with zero attached hydrogens (tertiary/aromatic N) is 2. The molecule has 0 saturated heterocycles. The number of anilines is 2.